The number of anilines is 1. The molecule has 0 aliphatic rings. The first-order valence-electron chi connectivity index (χ1n) is 5.60. The van der Waals surface area contributed by atoms with Gasteiger partial charge < -0.3 is 5.73 Å². The van der Waals surface area contributed by atoms with Crippen LogP contribution in [0.5, 0.6) is 0 Å². The van der Waals surface area contributed by atoms with Crippen LogP contribution in [-0.4, -0.2) is 5.78 Å². The molecule has 19 heavy (non-hydrogen) atoms. The van der Waals surface area contributed by atoms with E-state index in [0.717, 1.165) is 5.56 Å². The molecule has 0 aromatic heterocycles. The summed E-state index contributed by atoms with van der Waals surface area (Å²) in [6.45, 7) is 0. The molecule has 0 saturated carbocycles. The number of benzene rings is 2. The lowest BCUT2D eigenvalue weighted by molar-refractivity contribution is 0.104. The summed E-state index contributed by atoms with van der Waals surface area (Å²) in [6, 6.07) is 12.2. The van der Waals surface area contributed by atoms with Crippen LogP contribution in [0.25, 0.3) is 6.08 Å². The molecule has 96 valence electrons. The number of hydrogen-bond donors (Lipinski definition) is 1. The molecule has 0 amide bonds. The molecule has 0 aliphatic heterocycles. The van der Waals surface area contributed by atoms with Crippen LogP contribution in [0.1, 0.15) is 15.9 Å². The minimum Gasteiger partial charge on any atom is -0.399 e. The molecule has 0 fully saturated rings. The molecule has 2 aromatic rings. The van der Waals surface area contributed by atoms with Crippen LogP contribution in [-0.2, 0) is 0 Å². The normalized spacial score (nSPS) is 10.8. The van der Waals surface area contributed by atoms with Crippen LogP contribution in [0.2, 0.25) is 10.0 Å². The van der Waals surface area contributed by atoms with Gasteiger partial charge in [-0.05, 0) is 35.9 Å². The summed E-state index contributed by atoms with van der Waals surface area (Å²) in [5.41, 5.74) is 7.55. The van der Waals surface area contributed by atoms with Crippen molar-refractivity contribution in [3.63, 3.8) is 0 Å². The number of carbonyl (C=O) groups is 1. The molecule has 0 spiro atoms. The van der Waals surface area contributed by atoms with Crippen molar-refractivity contribution < 1.29 is 4.79 Å². The first-order chi connectivity index (χ1) is 9.08. The molecule has 0 radical (unpaired) electrons. The van der Waals surface area contributed by atoms with Gasteiger partial charge in [0.15, 0.2) is 5.78 Å². The predicted molar refractivity (Wildman–Crippen MR) is 80.7 cm³/mol. The van der Waals surface area contributed by atoms with E-state index in [1.165, 1.54) is 6.08 Å². The maximum Gasteiger partial charge on any atom is 0.187 e. The van der Waals surface area contributed by atoms with Crippen molar-refractivity contribution in [3.05, 3.63) is 69.7 Å². The Kier molecular flexibility index (Phi) is 4.25. The maximum atomic E-state index is 12.0. The van der Waals surface area contributed by atoms with E-state index in [9.17, 15) is 4.79 Å². The zero-order valence-electron chi connectivity index (χ0n) is 9.94. The molecule has 0 bridgehead atoms. The van der Waals surface area contributed by atoms with Crippen molar-refractivity contribution in [2.45, 2.75) is 0 Å². The fraction of sp³-hybridized carbons (Fsp3) is 0. The van der Waals surface area contributed by atoms with Crippen LogP contribution < -0.4 is 5.73 Å². The molecule has 0 unspecified atom stereocenters. The Morgan fingerprint density at radius 1 is 1.05 bits per heavy atom. The van der Waals surface area contributed by atoms with Gasteiger partial charge in [0, 0.05) is 11.3 Å². The Balaban J connectivity index is 2.21. The van der Waals surface area contributed by atoms with Gasteiger partial charge in [-0.3, -0.25) is 4.79 Å². The summed E-state index contributed by atoms with van der Waals surface area (Å²) >= 11 is 11.9. The van der Waals surface area contributed by atoms with Gasteiger partial charge in [-0.15, -0.1) is 0 Å². The van der Waals surface area contributed by atoms with Crippen molar-refractivity contribution >= 4 is 40.7 Å². The molecular weight excluding hydrogens is 281 g/mol. The first kappa shape index (κ1) is 13.7. The number of rotatable bonds is 3. The molecule has 0 heterocycles. The van der Waals surface area contributed by atoms with E-state index in [2.05, 4.69) is 0 Å². The van der Waals surface area contributed by atoms with Gasteiger partial charge in [-0.2, -0.15) is 0 Å². The summed E-state index contributed by atoms with van der Waals surface area (Å²) < 4.78 is 0. The zero-order valence-corrected chi connectivity index (χ0v) is 11.4. The number of nitrogen functional groups attached to an aromatic ring is 1. The van der Waals surface area contributed by atoms with E-state index in [1.807, 2.05) is 12.1 Å². The molecule has 2 aromatic carbocycles. The van der Waals surface area contributed by atoms with Gasteiger partial charge in [-0.25, -0.2) is 0 Å². The van der Waals surface area contributed by atoms with E-state index in [4.69, 9.17) is 28.9 Å². The lowest BCUT2D eigenvalue weighted by atomic mass is 10.1. The second-order valence-electron chi connectivity index (χ2n) is 3.97. The fourth-order valence-electron chi connectivity index (χ4n) is 1.56. The number of halogens is 2. The molecule has 0 aliphatic carbocycles. The Hall–Kier alpha value is -1.77. The Morgan fingerprint density at radius 3 is 2.42 bits per heavy atom. The second kappa shape index (κ2) is 5.91. The third kappa shape index (κ3) is 3.37. The second-order valence-corrected chi connectivity index (χ2v) is 4.75. The molecular formula is C15H11Cl2NO. The highest BCUT2D eigenvalue weighted by atomic mass is 35.5. The average molecular weight is 292 g/mol. The average Bonchev–Trinajstić information content (AvgIpc) is 2.41. The first-order valence-corrected chi connectivity index (χ1v) is 6.35. The predicted octanol–water partition coefficient (Wildman–Crippen LogP) is 4.47. The third-order valence-corrected chi connectivity index (χ3v) is 3.40. The maximum absolute atomic E-state index is 12.0. The number of nitrogens with two attached hydrogens (primary N) is 1. The molecule has 2 rings (SSSR count). The standard InChI is InChI=1S/C15H11Cl2NO/c16-13-3-1-2-12(15(13)17)14(19)9-6-10-4-7-11(18)8-5-10/h1-9H,18H2/b9-6+. The van der Waals surface area contributed by atoms with Crippen LogP contribution in [0.15, 0.2) is 48.5 Å². The van der Waals surface area contributed by atoms with E-state index in [-0.39, 0.29) is 10.8 Å². The number of carbonyl (C=O) groups excluding carboxylic acids is 1. The quantitative estimate of drug-likeness (QED) is 0.515. The van der Waals surface area contributed by atoms with Crippen LogP contribution in [0, 0.1) is 0 Å². The van der Waals surface area contributed by atoms with Crippen LogP contribution >= 0.6 is 23.2 Å². The molecule has 0 atom stereocenters. The van der Waals surface area contributed by atoms with Crippen molar-refractivity contribution in [2.75, 3.05) is 5.73 Å². The zero-order chi connectivity index (χ0) is 13.8. The van der Waals surface area contributed by atoms with E-state index in [1.54, 1.807) is 36.4 Å². The van der Waals surface area contributed by atoms with Crippen molar-refractivity contribution in [1.82, 2.24) is 0 Å². The highest BCUT2D eigenvalue weighted by Crippen LogP contribution is 2.26. The molecule has 2 nitrogen and oxygen atoms in total. The van der Waals surface area contributed by atoms with Crippen molar-refractivity contribution in [2.24, 2.45) is 0 Å². The minimum atomic E-state index is -0.190. The lowest BCUT2D eigenvalue weighted by Crippen LogP contribution is -1.95. The molecule has 4 heteroatoms. The smallest absolute Gasteiger partial charge is 0.187 e. The number of ketones is 1. The van der Waals surface area contributed by atoms with Crippen LogP contribution in [0.3, 0.4) is 0 Å². The highest BCUT2D eigenvalue weighted by molar-refractivity contribution is 6.44. The molecule has 2 N–H and O–H groups in total. The number of allylic oxidation sites excluding steroid dienone is 1. The monoisotopic (exact) mass is 291 g/mol. The Morgan fingerprint density at radius 2 is 1.74 bits per heavy atom. The Labute approximate surface area is 121 Å². The third-order valence-electron chi connectivity index (χ3n) is 2.58. The van der Waals surface area contributed by atoms with E-state index in [0.29, 0.717) is 16.3 Å². The minimum absolute atomic E-state index is 0.190. The van der Waals surface area contributed by atoms with Gasteiger partial charge >= 0.3 is 0 Å². The van der Waals surface area contributed by atoms with Gasteiger partial charge in [-0.1, -0.05) is 47.5 Å². The number of hydrogen-bond acceptors (Lipinski definition) is 2. The van der Waals surface area contributed by atoms with E-state index >= 15 is 0 Å². The fourth-order valence-corrected chi connectivity index (χ4v) is 1.96. The summed E-state index contributed by atoms with van der Waals surface area (Å²) in [6.07, 6.45) is 3.17. The highest BCUT2D eigenvalue weighted by Gasteiger charge is 2.09. The van der Waals surface area contributed by atoms with Crippen molar-refractivity contribution in [3.8, 4) is 0 Å². The summed E-state index contributed by atoms with van der Waals surface area (Å²) in [5, 5.41) is 0.643. The lowest BCUT2D eigenvalue weighted by Gasteiger charge is -2.01. The largest absolute Gasteiger partial charge is 0.399 e. The van der Waals surface area contributed by atoms with Crippen molar-refractivity contribution in [1.29, 1.82) is 0 Å². The Bertz CT molecular complexity index is 633. The van der Waals surface area contributed by atoms with Gasteiger partial charge in [0.2, 0.25) is 0 Å². The SMILES string of the molecule is Nc1ccc(/C=C/C(=O)c2cccc(Cl)c2Cl)cc1. The van der Waals surface area contributed by atoms with Gasteiger partial charge in [0.25, 0.3) is 0 Å². The van der Waals surface area contributed by atoms with Gasteiger partial charge in [0.1, 0.15) is 0 Å². The van der Waals surface area contributed by atoms with Gasteiger partial charge in [0.05, 0.1) is 10.0 Å². The topological polar surface area (TPSA) is 43.1 Å². The summed E-state index contributed by atoms with van der Waals surface area (Å²) in [5.74, 6) is -0.190. The molecule has 0 saturated heterocycles. The summed E-state index contributed by atoms with van der Waals surface area (Å²) in [4.78, 5) is 12.0. The van der Waals surface area contributed by atoms with E-state index < -0.39 is 0 Å². The van der Waals surface area contributed by atoms with Crippen LogP contribution in [0.4, 0.5) is 5.69 Å². The summed E-state index contributed by atoms with van der Waals surface area (Å²) in [7, 11) is 0.